The largest absolute Gasteiger partial charge is 0.349 e. The quantitative estimate of drug-likeness (QED) is 0.757. The predicted molar refractivity (Wildman–Crippen MR) is 60.0 cm³/mol. The van der Waals surface area contributed by atoms with E-state index in [9.17, 15) is 9.18 Å². The molecule has 1 aromatic heterocycles. The smallest absolute Gasteiger partial charge is 0.151 e. The molecule has 3 nitrogen and oxygen atoms in total. The summed E-state index contributed by atoms with van der Waals surface area (Å²) in [5.74, 6) is -0.429. The van der Waals surface area contributed by atoms with Crippen molar-refractivity contribution < 1.29 is 9.18 Å². The highest BCUT2D eigenvalue weighted by atomic mass is 19.1. The Morgan fingerprint density at radius 1 is 1.41 bits per heavy atom. The lowest BCUT2D eigenvalue weighted by Crippen LogP contribution is -1.97. The van der Waals surface area contributed by atoms with E-state index < -0.39 is 5.82 Å². The predicted octanol–water partition coefficient (Wildman–Crippen LogP) is 2.36. The van der Waals surface area contributed by atoms with Crippen molar-refractivity contribution in [2.24, 2.45) is 0 Å². The molecule has 0 atom stereocenters. The number of nitrogens with zero attached hydrogens (tertiary/aromatic N) is 2. The summed E-state index contributed by atoms with van der Waals surface area (Å²) in [5, 5.41) is 8.72. The second-order valence-electron chi connectivity index (χ2n) is 3.69. The average molecular weight is 228 g/mol. The lowest BCUT2D eigenvalue weighted by molar-refractivity contribution is 0.112. The first kappa shape index (κ1) is 11.1. The Labute approximate surface area is 97.7 Å². The van der Waals surface area contributed by atoms with Crippen LogP contribution in [0.25, 0.3) is 0 Å². The molecule has 2 rings (SSSR count). The SMILES string of the molecule is N#Cc1cc(F)cc(Cn2ccc(C=O)c2)c1. The van der Waals surface area contributed by atoms with Crippen molar-refractivity contribution in [2.45, 2.75) is 6.54 Å². The Bertz CT molecular complexity index is 596. The van der Waals surface area contributed by atoms with Crippen LogP contribution in [0.2, 0.25) is 0 Å². The molecular formula is C13H9FN2O. The molecule has 0 amide bonds. The van der Waals surface area contributed by atoms with E-state index in [-0.39, 0.29) is 0 Å². The van der Waals surface area contributed by atoms with Crippen molar-refractivity contribution >= 4 is 6.29 Å². The molecule has 1 aromatic carbocycles. The molecule has 0 spiro atoms. The maximum Gasteiger partial charge on any atom is 0.151 e. The number of nitriles is 1. The fraction of sp³-hybridized carbons (Fsp3) is 0.0769. The Kier molecular flexibility index (Phi) is 3.01. The number of hydrogen-bond acceptors (Lipinski definition) is 2. The first-order valence-corrected chi connectivity index (χ1v) is 5.02. The van der Waals surface area contributed by atoms with Crippen LogP contribution in [0.5, 0.6) is 0 Å². The summed E-state index contributed by atoms with van der Waals surface area (Å²) in [4.78, 5) is 10.5. The zero-order valence-electron chi connectivity index (χ0n) is 8.93. The molecule has 0 fully saturated rings. The number of halogens is 1. The molecule has 2 aromatic rings. The molecule has 17 heavy (non-hydrogen) atoms. The standard InChI is InChI=1S/C13H9FN2O/c14-13-4-11(6-15)3-12(5-13)8-16-2-1-10(7-16)9-17/h1-5,7,9H,8H2. The summed E-state index contributed by atoms with van der Waals surface area (Å²) in [7, 11) is 0. The first-order chi connectivity index (χ1) is 8.21. The number of carbonyl (C=O) groups excluding carboxylic acids is 1. The van der Waals surface area contributed by atoms with Gasteiger partial charge in [0, 0.05) is 24.5 Å². The van der Waals surface area contributed by atoms with Gasteiger partial charge in [0.2, 0.25) is 0 Å². The number of aldehydes is 1. The van der Waals surface area contributed by atoms with E-state index in [2.05, 4.69) is 0 Å². The maximum atomic E-state index is 13.2. The molecule has 0 aliphatic heterocycles. The van der Waals surface area contributed by atoms with Crippen LogP contribution in [0.15, 0.2) is 36.7 Å². The molecule has 0 radical (unpaired) electrons. The first-order valence-electron chi connectivity index (χ1n) is 5.02. The molecule has 84 valence electrons. The number of rotatable bonds is 3. The van der Waals surface area contributed by atoms with Crippen molar-refractivity contribution in [2.75, 3.05) is 0 Å². The number of benzene rings is 1. The third-order valence-corrected chi connectivity index (χ3v) is 2.36. The van der Waals surface area contributed by atoms with Crippen LogP contribution in [-0.2, 0) is 6.54 Å². The number of carbonyl (C=O) groups is 1. The van der Waals surface area contributed by atoms with Gasteiger partial charge >= 0.3 is 0 Å². The zero-order chi connectivity index (χ0) is 12.3. The summed E-state index contributed by atoms with van der Waals surface area (Å²) >= 11 is 0. The van der Waals surface area contributed by atoms with Gasteiger partial charge in [-0.25, -0.2) is 4.39 Å². The normalized spacial score (nSPS) is 9.88. The Morgan fingerprint density at radius 2 is 2.24 bits per heavy atom. The third kappa shape index (κ3) is 2.58. The monoisotopic (exact) mass is 228 g/mol. The zero-order valence-corrected chi connectivity index (χ0v) is 8.93. The van der Waals surface area contributed by atoms with E-state index in [1.165, 1.54) is 12.1 Å². The van der Waals surface area contributed by atoms with Crippen LogP contribution in [0.1, 0.15) is 21.5 Å². The van der Waals surface area contributed by atoms with Crippen molar-refractivity contribution in [1.82, 2.24) is 4.57 Å². The van der Waals surface area contributed by atoms with E-state index in [0.717, 1.165) is 6.29 Å². The van der Waals surface area contributed by atoms with Crippen LogP contribution in [-0.4, -0.2) is 10.9 Å². The summed E-state index contributed by atoms with van der Waals surface area (Å²) < 4.78 is 14.9. The molecular weight excluding hydrogens is 219 g/mol. The summed E-state index contributed by atoms with van der Waals surface area (Å²) in [6.07, 6.45) is 4.16. The van der Waals surface area contributed by atoms with Crippen molar-refractivity contribution in [3.8, 4) is 6.07 Å². The summed E-state index contributed by atoms with van der Waals surface area (Å²) in [6, 6.07) is 7.78. The Morgan fingerprint density at radius 3 is 2.88 bits per heavy atom. The molecule has 1 heterocycles. The molecule has 0 saturated heterocycles. The van der Waals surface area contributed by atoms with Crippen LogP contribution in [0.3, 0.4) is 0 Å². The van der Waals surface area contributed by atoms with Crippen LogP contribution in [0, 0.1) is 17.1 Å². The minimum Gasteiger partial charge on any atom is -0.349 e. The van der Waals surface area contributed by atoms with Crippen LogP contribution in [0.4, 0.5) is 4.39 Å². The van der Waals surface area contributed by atoms with E-state index in [1.807, 2.05) is 6.07 Å². The highest BCUT2D eigenvalue weighted by Crippen LogP contribution is 2.11. The van der Waals surface area contributed by atoms with Gasteiger partial charge in [-0.1, -0.05) is 0 Å². The van der Waals surface area contributed by atoms with Gasteiger partial charge in [-0.15, -0.1) is 0 Å². The molecule has 0 saturated carbocycles. The Hall–Kier alpha value is -2.41. The molecule has 0 bridgehead atoms. The summed E-state index contributed by atoms with van der Waals surface area (Å²) in [6.45, 7) is 0.431. The molecule has 0 N–H and O–H groups in total. The summed E-state index contributed by atoms with van der Waals surface area (Å²) in [5.41, 5.74) is 1.55. The average Bonchev–Trinajstić information content (AvgIpc) is 2.76. The maximum absolute atomic E-state index is 13.2. The minimum absolute atomic E-state index is 0.294. The van der Waals surface area contributed by atoms with Gasteiger partial charge in [0.25, 0.3) is 0 Å². The van der Waals surface area contributed by atoms with Gasteiger partial charge in [0.1, 0.15) is 5.82 Å². The fourth-order valence-corrected chi connectivity index (χ4v) is 1.64. The lowest BCUT2D eigenvalue weighted by Gasteiger charge is -2.03. The topological polar surface area (TPSA) is 45.8 Å². The van der Waals surface area contributed by atoms with Gasteiger partial charge in [-0.3, -0.25) is 4.79 Å². The minimum atomic E-state index is -0.429. The van der Waals surface area contributed by atoms with Gasteiger partial charge in [0.05, 0.1) is 11.6 Å². The van der Waals surface area contributed by atoms with Crippen molar-refractivity contribution in [1.29, 1.82) is 5.26 Å². The number of aromatic nitrogens is 1. The van der Waals surface area contributed by atoms with Crippen molar-refractivity contribution in [3.05, 3.63) is 59.2 Å². The second kappa shape index (κ2) is 4.62. The molecule has 4 heteroatoms. The van der Waals surface area contributed by atoms with Crippen LogP contribution < -0.4 is 0 Å². The van der Waals surface area contributed by atoms with Gasteiger partial charge in [-0.2, -0.15) is 5.26 Å². The highest BCUT2D eigenvalue weighted by molar-refractivity contribution is 5.74. The molecule has 0 aliphatic rings. The van der Waals surface area contributed by atoms with Crippen LogP contribution >= 0.6 is 0 Å². The Balaban J connectivity index is 2.26. The van der Waals surface area contributed by atoms with E-state index in [0.29, 0.717) is 23.2 Å². The van der Waals surface area contributed by atoms with Crippen molar-refractivity contribution in [3.63, 3.8) is 0 Å². The fourth-order valence-electron chi connectivity index (χ4n) is 1.64. The highest BCUT2D eigenvalue weighted by Gasteiger charge is 2.02. The number of hydrogen-bond donors (Lipinski definition) is 0. The van der Waals surface area contributed by atoms with Gasteiger partial charge in [-0.05, 0) is 29.8 Å². The molecule has 0 unspecified atom stereocenters. The van der Waals surface area contributed by atoms with E-state index in [4.69, 9.17) is 5.26 Å². The van der Waals surface area contributed by atoms with E-state index >= 15 is 0 Å². The van der Waals surface area contributed by atoms with Gasteiger partial charge < -0.3 is 4.57 Å². The third-order valence-electron chi connectivity index (χ3n) is 2.36. The lowest BCUT2D eigenvalue weighted by atomic mass is 10.1. The second-order valence-corrected chi connectivity index (χ2v) is 3.69. The molecule has 0 aliphatic carbocycles. The van der Waals surface area contributed by atoms with Gasteiger partial charge in [0.15, 0.2) is 6.29 Å². The van der Waals surface area contributed by atoms with E-state index in [1.54, 1.807) is 29.1 Å².